The van der Waals surface area contributed by atoms with Crippen molar-refractivity contribution in [3.63, 3.8) is 0 Å². The van der Waals surface area contributed by atoms with Crippen LogP contribution in [-0.2, 0) is 6.54 Å². The zero-order valence-electron chi connectivity index (χ0n) is 12.8. The van der Waals surface area contributed by atoms with E-state index < -0.39 is 0 Å². The standard InChI is InChI=1S/C16H16N4O3/c1-10-15(11(2)23-19-10)9-20-8-13(7-17-20)18-16(22)12-4-3-5-14(21)6-12/h3-8,21H,9H2,1-2H3,(H,18,22). The molecule has 0 bridgehead atoms. The predicted molar refractivity (Wildman–Crippen MR) is 83.4 cm³/mol. The minimum Gasteiger partial charge on any atom is -0.508 e. The van der Waals surface area contributed by atoms with Crippen molar-refractivity contribution in [1.29, 1.82) is 0 Å². The number of aromatic hydroxyl groups is 1. The first-order valence-corrected chi connectivity index (χ1v) is 7.07. The topological polar surface area (TPSA) is 93.2 Å². The number of phenolic OH excluding ortho intramolecular Hbond substituents is 1. The molecule has 0 saturated carbocycles. The summed E-state index contributed by atoms with van der Waals surface area (Å²) in [6.45, 7) is 4.24. The summed E-state index contributed by atoms with van der Waals surface area (Å²) in [6.07, 6.45) is 3.30. The van der Waals surface area contributed by atoms with Gasteiger partial charge in [-0.2, -0.15) is 5.10 Å². The molecule has 0 fully saturated rings. The Morgan fingerprint density at radius 1 is 1.39 bits per heavy atom. The van der Waals surface area contributed by atoms with Crippen molar-refractivity contribution in [2.75, 3.05) is 5.32 Å². The Bertz CT molecular complexity index is 831. The second-order valence-electron chi connectivity index (χ2n) is 5.23. The number of nitrogens with one attached hydrogen (secondary N) is 1. The zero-order chi connectivity index (χ0) is 16.4. The van der Waals surface area contributed by atoms with E-state index in [4.69, 9.17) is 4.52 Å². The highest BCUT2D eigenvalue weighted by Gasteiger charge is 2.12. The number of carbonyl (C=O) groups excluding carboxylic acids is 1. The van der Waals surface area contributed by atoms with E-state index in [2.05, 4.69) is 15.6 Å². The van der Waals surface area contributed by atoms with E-state index in [1.54, 1.807) is 29.2 Å². The highest BCUT2D eigenvalue weighted by atomic mass is 16.5. The molecule has 0 radical (unpaired) electrons. The number of hydrogen-bond acceptors (Lipinski definition) is 5. The van der Waals surface area contributed by atoms with Crippen LogP contribution in [0.2, 0.25) is 0 Å². The first kappa shape index (κ1) is 14.8. The smallest absolute Gasteiger partial charge is 0.255 e. The van der Waals surface area contributed by atoms with E-state index in [0.717, 1.165) is 17.0 Å². The third-order valence-corrected chi connectivity index (χ3v) is 3.50. The van der Waals surface area contributed by atoms with Crippen molar-refractivity contribution in [2.24, 2.45) is 0 Å². The lowest BCUT2D eigenvalue weighted by Gasteiger charge is -2.03. The molecular formula is C16H16N4O3. The quantitative estimate of drug-likeness (QED) is 0.772. The number of phenols is 1. The van der Waals surface area contributed by atoms with Gasteiger partial charge in [-0.1, -0.05) is 11.2 Å². The second-order valence-corrected chi connectivity index (χ2v) is 5.23. The third kappa shape index (κ3) is 3.23. The van der Waals surface area contributed by atoms with E-state index in [1.807, 2.05) is 13.8 Å². The molecule has 1 aromatic carbocycles. The van der Waals surface area contributed by atoms with E-state index in [1.165, 1.54) is 12.1 Å². The minimum absolute atomic E-state index is 0.0479. The molecule has 1 amide bonds. The van der Waals surface area contributed by atoms with Crippen molar-refractivity contribution >= 4 is 11.6 Å². The number of carbonyl (C=O) groups is 1. The van der Waals surface area contributed by atoms with E-state index in [9.17, 15) is 9.90 Å². The molecule has 2 heterocycles. The minimum atomic E-state index is -0.308. The molecule has 0 aliphatic heterocycles. The van der Waals surface area contributed by atoms with Crippen LogP contribution in [0.4, 0.5) is 5.69 Å². The van der Waals surface area contributed by atoms with Gasteiger partial charge in [0.15, 0.2) is 0 Å². The molecule has 0 saturated heterocycles. The van der Waals surface area contributed by atoms with E-state index in [0.29, 0.717) is 17.8 Å². The van der Waals surface area contributed by atoms with Crippen LogP contribution in [0, 0.1) is 13.8 Å². The van der Waals surface area contributed by atoms with Crippen LogP contribution in [0.1, 0.15) is 27.4 Å². The molecule has 2 aromatic heterocycles. The Balaban J connectivity index is 1.71. The first-order chi connectivity index (χ1) is 11.0. The monoisotopic (exact) mass is 312 g/mol. The summed E-state index contributed by atoms with van der Waals surface area (Å²) < 4.78 is 6.82. The van der Waals surface area contributed by atoms with Gasteiger partial charge in [-0.15, -0.1) is 0 Å². The summed E-state index contributed by atoms with van der Waals surface area (Å²) in [5.41, 5.74) is 2.75. The molecule has 118 valence electrons. The Hall–Kier alpha value is -3.09. The van der Waals surface area contributed by atoms with Crippen molar-refractivity contribution in [2.45, 2.75) is 20.4 Å². The van der Waals surface area contributed by atoms with Gasteiger partial charge >= 0.3 is 0 Å². The van der Waals surface area contributed by atoms with Gasteiger partial charge in [0.05, 0.1) is 24.1 Å². The highest BCUT2D eigenvalue weighted by molar-refractivity contribution is 6.04. The molecule has 0 unspecified atom stereocenters. The summed E-state index contributed by atoms with van der Waals surface area (Å²) in [4.78, 5) is 12.1. The Morgan fingerprint density at radius 2 is 2.22 bits per heavy atom. The number of rotatable bonds is 4. The van der Waals surface area contributed by atoms with Crippen molar-refractivity contribution in [3.05, 3.63) is 59.2 Å². The molecule has 3 aromatic rings. The van der Waals surface area contributed by atoms with Crippen molar-refractivity contribution < 1.29 is 14.4 Å². The number of aromatic nitrogens is 3. The maximum atomic E-state index is 12.1. The summed E-state index contributed by atoms with van der Waals surface area (Å²) in [6, 6.07) is 6.16. The summed E-state index contributed by atoms with van der Waals surface area (Å²) in [5.74, 6) is 0.493. The lowest BCUT2D eigenvalue weighted by molar-refractivity contribution is 0.102. The number of nitrogens with zero attached hydrogens (tertiary/aromatic N) is 3. The van der Waals surface area contributed by atoms with Gasteiger partial charge in [0.25, 0.3) is 5.91 Å². The largest absolute Gasteiger partial charge is 0.508 e. The molecule has 3 rings (SSSR count). The van der Waals surface area contributed by atoms with Crippen LogP contribution in [-0.4, -0.2) is 26.0 Å². The van der Waals surface area contributed by atoms with Crippen LogP contribution in [0.25, 0.3) is 0 Å². The number of anilines is 1. The van der Waals surface area contributed by atoms with Crippen molar-refractivity contribution in [1.82, 2.24) is 14.9 Å². The molecule has 2 N–H and O–H groups in total. The molecule has 0 atom stereocenters. The van der Waals surface area contributed by atoms with Crippen LogP contribution in [0.5, 0.6) is 5.75 Å². The van der Waals surface area contributed by atoms with Gasteiger partial charge in [-0.05, 0) is 32.0 Å². The van der Waals surface area contributed by atoms with Crippen LogP contribution in [0.3, 0.4) is 0 Å². The SMILES string of the molecule is Cc1noc(C)c1Cn1cc(NC(=O)c2cccc(O)c2)cn1. The molecule has 0 aliphatic carbocycles. The van der Waals surface area contributed by atoms with Gasteiger partial charge in [0.1, 0.15) is 11.5 Å². The average Bonchev–Trinajstić information content (AvgIpc) is 3.09. The molecule has 0 spiro atoms. The van der Waals surface area contributed by atoms with Gasteiger partial charge in [0.2, 0.25) is 0 Å². The molecule has 0 aliphatic rings. The highest BCUT2D eigenvalue weighted by Crippen LogP contribution is 2.16. The lowest BCUT2D eigenvalue weighted by Crippen LogP contribution is -2.11. The normalized spacial score (nSPS) is 10.7. The van der Waals surface area contributed by atoms with Gasteiger partial charge in [-0.25, -0.2) is 0 Å². The summed E-state index contributed by atoms with van der Waals surface area (Å²) in [5, 5.41) is 20.3. The second kappa shape index (κ2) is 5.96. The average molecular weight is 312 g/mol. The predicted octanol–water partition coefficient (Wildman–Crippen LogP) is 2.49. The fraction of sp³-hybridized carbons (Fsp3) is 0.188. The van der Waals surface area contributed by atoms with Crippen LogP contribution < -0.4 is 5.32 Å². The zero-order valence-corrected chi connectivity index (χ0v) is 12.8. The Morgan fingerprint density at radius 3 is 2.91 bits per heavy atom. The molecule has 23 heavy (non-hydrogen) atoms. The summed E-state index contributed by atoms with van der Waals surface area (Å²) >= 11 is 0. The van der Waals surface area contributed by atoms with E-state index >= 15 is 0 Å². The van der Waals surface area contributed by atoms with Gasteiger partial charge in [0, 0.05) is 17.3 Å². The third-order valence-electron chi connectivity index (χ3n) is 3.50. The molecular weight excluding hydrogens is 296 g/mol. The maximum Gasteiger partial charge on any atom is 0.255 e. The molecule has 7 heteroatoms. The summed E-state index contributed by atoms with van der Waals surface area (Å²) in [7, 11) is 0. The number of amides is 1. The number of aryl methyl sites for hydroxylation is 2. The van der Waals surface area contributed by atoms with Gasteiger partial charge in [-0.3, -0.25) is 9.48 Å². The van der Waals surface area contributed by atoms with Crippen molar-refractivity contribution in [3.8, 4) is 5.75 Å². The van der Waals surface area contributed by atoms with Crippen LogP contribution in [0.15, 0.2) is 41.2 Å². The maximum absolute atomic E-state index is 12.1. The number of benzene rings is 1. The van der Waals surface area contributed by atoms with Crippen LogP contribution >= 0.6 is 0 Å². The fourth-order valence-corrected chi connectivity index (χ4v) is 2.25. The van der Waals surface area contributed by atoms with E-state index in [-0.39, 0.29) is 11.7 Å². The lowest BCUT2D eigenvalue weighted by atomic mass is 10.2. The molecule has 7 nitrogen and oxygen atoms in total. The Labute approximate surface area is 132 Å². The Kier molecular flexibility index (Phi) is 3.84. The first-order valence-electron chi connectivity index (χ1n) is 7.07. The number of hydrogen-bond donors (Lipinski definition) is 2. The van der Waals surface area contributed by atoms with Gasteiger partial charge < -0.3 is 14.9 Å². The fourth-order valence-electron chi connectivity index (χ4n) is 2.25.